The van der Waals surface area contributed by atoms with Crippen LogP contribution in [0.25, 0.3) is 0 Å². The molecule has 1 heterocycles. The van der Waals surface area contributed by atoms with Crippen molar-refractivity contribution in [2.24, 2.45) is 0 Å². The van der Waals surface area contributed by atoms with Gasteiger partial charge in [-0.3, -0.25) is 0 Å². The van der Waals surface area contributed by atoms with Gasteiger partial charge in [-0.25, -0.2) is 0 Å². The maximum atomic E-state index is 5.93. The summed E-state index contributed by atoms with van der Waals surface area (Å²) < 4.78 is 5.93. The van der Waals surface area contributed by atoms with Crippen LogP contribution in [-0.4, -0.2) is 20.3 Å². The monoisotopic (exact) mass is 310 g/mol. The van der Waals surface area contributed by atoms with Crippen LogP contribution < -0.4 is 15.9 Å². The summed E-state index contributed by atoms with van der Waals surface area (Å²) in [6.07, 6.45) is 0. The number of tetrazole rings is 1. The Labute approximate surface area is 134 Å². The SMILES string of the molecule is Cc1ccc(COc2ccccc2CNn2nnnc2N)cc1. The highest BCUT2D eigenvalue weighted by molar-refractivity contribution is 5.34. The molecule has 2 aromatic carbocycles. The minimum Gasteiger partial charge on any atom is -0.489 e. The van der Waals surface area contributed by atoms with Gasteiger partial charge in [0, 0.05) is 5.56 Å². The maximum absolute atomic E-state index is 5.93. The Hall–Kier alpha value is -3.09. The van der Waals surface area contributed by atoms with E-state index in [-0.39, 0.29) is 5.95 Å². The first-order chi connectivity index (χ1) is 11.2. The average molecular weight is 310 g/mol. The summed E-state index contributed by atoms with van der Waals surface area (Å²) in [5, 5.41) is 10.8. The van der Waals surface area contributed by atoms with Crippen LogP contribution in [0.3, 0.4) is 0 Å². The quantitative estimate of drug-likeness (QED) is 0.722. The van der Waals surface area contributed by atoms with Crippen molar-refractivity contribution in [3.8, 4) is 5.75 Å². The Bertz CT molecular complexity index is 768. The topological polar surface area (TPSA) is 90.9 Å². The highest BCUT2D eigenvalue weighted by atomic mass is 16.5. The number of aromatic nitrogens is 4. The van der Waals surface area contributed by atoms with Crippen LogP contribution in [0.15, 0.2) is 48.5 Å². The smallest absolute Gasteiger partial charge is 0.260 e. The summed E-state index contributed by atoms with van der Waals surface area (Å²) >= 11 is 0. The van der Waals surface area contributed by atoms with Crippen molar-refractivity contribution < 1.29 is 4.74 Å². The molecule has 23 heavy (non-hydrogen) atoms. The fraction of sp³-hybridized carbons (Fsp3) is 0.188. The number of nitrogen functional groups attached to an aromatic ring is 1. The molecular weight excluding hydrogens is 292 g/mol. The van der Waals surface area contributed by atoms with Gasteiger partial charge in [-0.05, 0) is 29.0 Å². The lowest BCUT2D eigenvalue weighted by atomic mass is 10.1. The largest absolute Gasteiger partial charge is 0.489 e. The number of ether oxygens (including phenoxy) is 1. The summed E-state index contributed by atoms with van der Waals surface area (Å²) in [6, 6.07) is 16.1. The normalized spacial score (nSPS) is 10.5. The van der Waals surface area contributed by atoms with Crippen LogP contribution in [0.2, 0.25) is 0 Å². The molecule has 0 aliphatic rings. The van der Waals surface area contributed by atoms with Crippen molar-refractivity contribution in [3.05, 3.63) is 65.2 Å². The number of nitrogens with zero attached hydrogens (tertiary/aromatic N) is 4. The molecule has 0 fully saturated rings. The molecule has 0 bridgehead atoms. The highest BCUT2D eigenvalue weighted by Gasteiger charge is 2.05. The molecule has 0 saturated carbocycles. The fourth-order valence-electron chi connectivity index (χ4n) is 2.10. The lowest BCUT2D eigenvalue weighted by molar-refractivity contribution is 0.303. The van der Waals surface area contributed by atoms with Crippen LogP contribution >= 0.6 is 0 Å². The van der Waals surface area contributed by atoms with Gasteiger partial charge in [0.2, 0.25) is 0 Å². The Morgan fingerprint density at radius 3 is 2.65 bits per heavy atom. The summed E-state index contributed by atoms with van der Waals surface area (Å²) in [5.41, 5.74) is 12.0. The van der Waals surface area contributed by atoms with Crippen molar-refractivity contribution in [2.75, 3.05) is 11.2 Å². The van der Waals surface area contributed by atoms with E-state index < -0.39 is 0 Å². The van der Waals surface area contributed by atoms with Crippen LogP contribution in [-0.2, 0) is 13.2 Å². The number of para-hydroxylation sites is 1. The Balaban J connectivity index is 1.65. The Morgan fingerprint density at radius 2 is 1.91 bits per heavy atom. The lowest BCUT2D eigenvalue weighted by Gasteiger charge is -2.12. The summed E-state index contributed by atoms with van der Waals surface area (Å²) in [5.74, 6) is 1.02. The lowest BCUT2D eigenvalue weighted by Crippen LogP contribution is -2.18. The molecule has 0 saturated heterocycles. The molecule has 3 N–H and O–H groups in total. The first-order valence-electron chi connectivity index (χ1n) is 7.26. The van der Waals surface area contributed by atoms with E-state index in [0.29, 0.717) is 13.2 Å². The molecule has 7 heteroatoms. The van der Waals surface area contributed by atoms with Gasteiger partial charge < -0.3 is 15.9 Å². The first kappa shape index (κ1) is 14.8. The zero-order valence-corrected chi connectivity index (χ0v) is 12.8. The summed E-state index contributed by atoms with van der Waals surface area (Å²) in [6.45, 7) is 3.08. The van der Waals surface area contributed by atoms with E-state index in [9.17, 15) is 0 Å². The van der Waals surface area contributed by atoms with E-state index in [1.54, 1.807) is 0 Å². The third-order valence-corrected chi connectivity index (χ3v) is 3.40. The first-order valence-corrected chi connectivity index (χ1v) is 7.26. The Morgan fingerprint density at radius 1 is 1.13 bits per heavy atom. The third-order valence-electron chi connectivity index (χ3n) is 3.40. The molecule has 0 amide bonds. The molecular formula is C16H18N6O. The van der Waals surface area contributed by atoms with E-state index in [1.807, 2.05) is 24.3 Å². The molecule has 3 rings (SSSR count). The Kier molecular flexibility index (Phi) is 4.37. The molecule has 0 aliphatic heterocycles. The van der Waals surface area contributed by atoms with Crippen LogP contribution in [0.1, 0.15) is 16.7 Å². The van der Waals surface area contributed by atoms with Gasteiger partial charge in [0.1, 0.15) is 12.4 Å². The van der Waals surface area contributed by atoms with Crippen molar-refractivity contribution in [1.29, 1.82) is 0 Å². The number of hydrogen-bond acceptors (Lipinski definition) is 6. The van der Waals surface area contributed by atoms with Crippen LogP contribution in [0, 0.1) is 6.92 Å². The second-order valence-electron chi connectivity index (χ2n) is 5.17. The molecule has 118 valence electrons. The number of anilines is 1. The number of rotatable bonds is 6. The molecule has 0 radical (unpaired) electrons. The van der Waals surface area contributed by atoms with E-state index >= 15 is 0 Å². The van der Waals surface area contributed by atoms with Crippen LogP contribution in [0.5, 0.6) is 5.75 Å². The van der Waals surface area contributed by atoms with Crippen molar-refractivity contribution in [3.63, 3.8) is 0 Å². The van der Waals surface area contributed by atoms with Gasteiger partial charge in [-0.1, -0.05) is 53.1 Å². The second kappa shape index (κ2) is 6.78. The van der Waals surface area contributed by atoms with E-state index in [4.69, 9.17) is 10.5 Å². The second-order valence-corrected chi connectivity index (χ2v) is 5.17. The number of nitrogens with two attached hydrogens (primary N) is 1. The average Bonchev–Trinajstić information content (AvgIpc) is 2.98. The molecule has 0 spiro atoms. The predicted octanol–water partition coefficient (Wildman–Crippen LogP) is 1.89. The number of aryl methyl sites for hydroxylation is 1. The van der Waals surface area contributed by atoms with Crippen molar-refractivity contribution in [1.82, 2.24) is 20.3 Å². The summed E-state index contributed by atoms with van der Waals surface area (Å²) in [4.78, 5) is 1.33. The standard InChI is InChI=1S/C16H18N6O/c1-12-6-8-13(9-7-12)11-23-15-5-3-2-4-14(15)10-18-22-16(17)19-20-21-22/h2-9,18H,10-11H2,1H3,(H2,17,19,21). The minimum atomic E-state index is 0.211. The van der Waals surface area contributed by atoms with Crippen molar-refractivity contribution in [2.45, 2.75) is 20.1 Å². The van der Waals surface area contributed by atoms with E-state index in [0.717, 1.165) is 16.9 Å². The van der Waals surface area contributed by atoms with Gasteiger partial charge >= 0.3 is 0 Å². The highest BCUT2D eigenvalue weighted by Crippen LogP contribution is 2.19. The molecule has 0 aliphatic carbocycles. The molecule has 7 nitrogen and oxygen atoms in total. The van der Waals surface area contributed by atoms with Gasteiger partial charge in [-0.15, -0.1) is 4.79 Å². The van der Waals surface area contributed by atoms with Gasteiger partial charge in [0.15, 0.2) is 0 Å². The number of benzene rings is 2. The summed E-state index contributed by atoms with van der Waals surface area (Å²) in [7, 11) is 0. The molecule has 1 aromatic heterocycles. The van der Waals surface area contributed by atoms with Crippen LogP contribution in [0.4, 0.5) is 5.95 Å². The molecule has 0 unspecified atom stereocenters. The number of nitrogens with one attached hydrogen (secondary N) is 1. The number of hydrogen-bond donors (Lipinski definition) is 2. The zero-order chi connectivity index (χ0) is 16.1. The van der Waals surface area contributed by atoms with Gasteiger partial charge in [0.05, 0.1) is 6.54 Å². The zero-order valence-electron chi connectivity index (χ0n) is 12.8. The van der Waals surface area contributed by atoms with Gasteiger partial charge in [-0.2, -0.15) is 0 Å². The van der Waals surface area contributed by atoms with Crippen molar-refractivity contribution >= 4 is 5.95 Å². The fourth-order valence-corrected chi connectivity index (χ4v) is 2.10. The molecule has 0 atom stereocenters. The van der Waals surface area contributed by atoms with E-state index in [1.165, 1.54) is 10.4 Å². The maximum Gasteiger partial charge on any atom is 0.260 e. The van der Waals surface area contributed by atoms with Gasteiger partial charge in [0.25, 0.3) is 5.95 Å². The predicted molar refractivity (Wildman–Crippen MR) is 87.2 cm³/mol. The van der Waals surface area contributed by atoms with E-state index in [2.05, 4.69) is 52.1 Å². The molecule has 3 aromatic rings. The third kappa shape index (κ3) is 3.76. The minimum absolute atomic E-state index is 0.211.